The van der Waals surface area contributed by atoms with Crippen molar-refractivity contribution < 1.29 is 0 Å². The molecule has 0 aromatic carbocycles. The van der Waals surface area contributed by atoms with Crippen molar-refractivity contribution in [2.24, 2.45) is 0 Å². The lowest BCUT2D eigenvalue weighted by Crippen LogP contribution is -2.15. The number of unbranched alkanes of at least 4 members (excludes halogenated alkanes) is 1. The summed E-state index contributed by atoms with van der Waals surface area (Å²) in [6, 6.07) is 1.88. The van der Waals surface area contributed by atoms with E-state index in [1.807, 2.05) is 13.0 Å². The quantitative estimate of drug-likeness (QED) is 0.743. The van der Waals surface area contributed by atoms with Gasteiger partial charge in [-0.15, -0.1) is 0 Å². The number of aromatic amines is 2. The molecule has 0 spiro atoms. The summed E-state index contributed by atoms with van der Waals surface area (Å²) in [5, 5.41) is 8.77. The first kappa shape index (κ1) is 10.7. The predicted molar refractivity (Wildman–Crippen MR) is 55.6 cm³/mol. The lowest BCUT2D eigenvalue weighted by Gasteiger charge is -2.01. The van der Waals surface area contributed by atoms with Crippen molar-refractivity contribution in [3.63, 3.8) is 0 Å². The van der Waals surface area contributed by atoms with Crippen LogP contribution in [0.3, 0.4) is 0 Å². The van der Waals surface area contributed by atoms with Crippen LogP contribution in [0.15, 0.2) is 4.79 Å². The van der Waals surface area contributed by atoms with Crippen LogP contribution in [0, 0.1) is 16.1 Å². The molecule has 1 aromatic heterocycles. The van der Waals surface area contributed by atoms with E-state index in [2.05, 4.69) is 9.97 Å². The molecule has 0 amide bonds. The Hall–Kier alpha value is -1.41. The van der Waals surface area contributed by atoms with Gasteiger partial charge in [0.25, 0.3) is 5.56 Å². The van der Waals surface area contributed by atoms with Crippen LogP contribution < -0.4 is 5.56 Å². The number of hydrogen-bond acceptors (Lipinski definition) is 3. The Morgan fingerprint density at radius 1 is 1.50 bits per heavy atom. The molecular weight excluding hydrogens is 198 g/mol. The maximum absolute atomic E-state index is 11.3. The van der Waals surface area contributed by atoms with Crippen LogP contribution in [0.2, 0.25) is 0 Å². The van der Waals surface area contributed by atoms with Gasteiger partial charge in [0, 0.05) is 5.69 Å². The molecule has 0 aliphatic rings. The Morgan fingerprint density at radius 2 is 2.21 bits per heavy atom. The molecular formula is C9H11N3OS. The number of H-pyrrole nitrogens is 2. The average molecular weight is 209 g/mol. The van der Waals surface area contributed by atoms with Crippen molar-refractivity contribution in [1.29, 1.82) is 5.26 Å². The number of aryl methyl sites for hydroxylation is 1. The first-order valence-electron chi connectivity index (χ1n) is 4.44. The highest BCUT2D eigenvalue weighted by atomic mass is 32.1. The molecule has 14 heavy (non-hydrogen) atoms. The number of nitrogens with one attached hydrogen (secondary N) is 2. The maximum Gasteiger partial charge on any atom is 0.269 e. The van der Waals surface area contributed by atoms with Crippen LogP contribution in [0.4, 0.5) is 0 Å². The summed E-state index contributed by atoms with van der Waals surface area (Å²) in [5.74, 6) is 0. The van der Waals surface area contributed by atoms with E-state index >= 15 is 0 Å². The van der Waals surface area contributed by atoms with Gasteiger partial charge in [-0.25, -0.2) is 0 Å². The number of nitriles is 1. The molecule has 0 saturated heterocycles. The van der Waals surface area contributed by atoms with Gasteiger partial charge in [0.15, 0.2) is 4.77 Å². The highest BCUT2D eigenvalue weighted by Gasteiger charge is 2.06. The van der Waals surface area contributed by atoms with E-state index in [4.69, 9.17) is 17.5 Å². The van der Waals surface area contributed by atoms with Crippen LogP contribution in [-0.2, 0) is 6.42 Å². The number of rotatable bonds is 3. The van der Waals surface area contributed by atoms with Crippen molar-refractivity contribution >= 4 is 12.2 Å². The minimum Gasteiger partial charge on any atom is -0.335 e. The van der Waals surface area contributed by atoms with Crippen molar-refractivity contribution in [1.82, 2.24) is 9.97 Å². The first-order valence-corrected chi connectivity index (χ1v) is 4.85. The zero-order chi connectivity index (χ0) is 10.6. The first-order chi connectivity index (χ1) is 6.69. The Balaban J connectivity index is 3.20. The third-order valence-electron chi connectivity index (χ3n) is 1.91. The average Bonchev–Trinajstić information content (AvgIpc) is 2.14. The molecule has 0 bridgehead atoms. The zero-order valence-corrected chi connectivity index (χ0v) is 8.70. The van der Waals surface area contributed by atoms with Gasteiger partial charge in [0.05, 0.1) is 0 Å². The van der Waals surface area contributed by atoms with Crippen molar-refractivity contribution in [2.75, 3.05) is 0 Å². The SMILES string of the molecule is CCCCc1[nH]c(=S)[nH]c(=O)c1C#N. The van der Waals surface area contributed by atoms with Gasteiger partial charge in [-0.3, -0.25) is 9.78 Å². The predicted octanol–water partition coefficient (Wildman–Crippen LogP) is 1.65. The summed E-state index contributed by atoms with van der Waals surface area (Å²) in [6.45, 7) is 2.05. The smallest absolute Gasteiger partial charge is 0.269 e. The lowest BCUT2D eigenvalue weighted by atomic mass is 10.1. The Morgan fingerprint density at radius 3 is 2.79 bits per heavy atom. The van der Waals surface area contributed by atoms with Crippen LogP contribution in [0.5, 0.6) is 0 Å². The lowest BCUT2D eigenvalue weighted by molar-refractivity contribution is 0.766. The zero-order valence-electron chi connectivity index (χ0n) is 7.89. The Labute approximate surface area is 86.6 Å². The van der Waals surface area contributed by atoms with Crippen LogP contribution in [0.25, 0.3) is 0 Å². The number of nitrogens with zero attached hydrogens (tertiary/aromatic N) is 1. The molecule has 0 atom stereocenters. The molecule has 1 aromatic rings. The molecule has 0 saturated carbocycles. The normalized spacial score (nSPS) is 9.71. The van der Waals surface area contributed by atoms with Gasteiger partial charge in [-0.1, -0.05) is 13.3 Å². The summed E-state index contributed by atoms with van der Waals surface area (Å²) in [6.07, 6.45) is 2.63. The molecule has 0 fully saturated rings. The number of aromatic nitrogens is 2. The molecule has 0 aliphatic heterocycles. The van der Waals surface area contributed by atoms with Gasteiger partial charge >= 0.3 is 0 Å². The van der Waals surface area contributed by atoms with Crippen molar-refractivity contribution in [3.8, 4) is 6.07 Å². The molecule has 74 valence electrons. The second-order valence-corrected chi connectivity index (χ2v) is 3.39. The van der Waals surface area contributed by atoms with Crippen molar-refractivity contribution in [2.45, 2.75) is 26.2 Å². The summed E-state index contributed by atoms with van der Waals surface area (Å²) in [7, 11) is 0. The van der Waals surface area contributed by atoms with E-state index in [0.29, 0.717) is 12.1 Å². The summed E-state index contributed by atoms with van der Waals surface area (Å²) >= 11 is 4.82. The minimum absolute atomic E-state index is 0.145. The largest absolute Gasteiger partial charge is 0.335 e. The fourth-order valence-corrected chi connectivity index (χ4v) is 1.41. The van der Waals surface area contributed by atoms with Gasteiger partial charge in [0.2, 0.25) is 0 Å². The summed E-state index contributed by atoms with van der Waals surface area (Å²) in [4.78, 5) is 16.5. The fourth-order valence-electron chi connectivity index (χ4n) is 1.19. The third-order valence-corrected chi connectivity index (χ3v) is 2.12. The monoisotopic (exact) mass is 209 g/mol. The Bertz CT molecular complexity index is 466. The molecule has 0 radical (unpaired) electrons. The van der Waals surface area contributed by atoms with Gasteiger partial charge in [-0.2, -0.15) is 5.26 Å². The standard InChI is InChI=1S/C9H11N3OS/c1-2-3-4-7-6(5-10)8(13)12-9(14)11-7/h2-4H2,1H3,(H2,11,12,13,14). The number of hydrogen-bond donors (Lipinski definition) is 2. The highest BCUT2D eigenvalue weighted by molar-refractivity contribution is 7.71. The van der Waals surface area contributed by atoms with E-state index in [9.17, 15) is 4.79 Å². The molecule has 0 unspecified atom stereocenters. The second-order valence-electron chi connectivity index (χ2n) is 2.98. The van der Waals surface area contributed by atoms with Gasteiger partial charge < -0.3 is 4.98 Å². The molecule has 1 rings (SSSR count). The van der Waals surface area contributed by atoms with E-state index in [-0.39, 0.29) is 10.3 Å². The van der Waals surface area contributed by atoms with E-state index in [1.54, 1.807) is 0 Å². The molecule has 2 N–H and O–H groups in total. The van der Waals surface area contributed by atoms with E-state index < -0.39 is 5.56 Å². The summed E-state index contributed by atoms with van der Waals surface area (Å²) in [5.41, 5.74) is 0.387. The van der Waals surface area contributed by atoms with Crippen LogP contribution in [-0.4, -0.2) is 9.97 Å². The molecule has 0 aliphatic carbocycles. The maximum atomic E-state index is 11.3. The van der Waals surface area contributed by atoms with Gasteiger partial charge in [-0.05, 0) is 25.1 Å². The minimum atomic E-state index is -0.401. The fraction of sp³-hybridized carbons (Fsp3) is 0.444. The molecule has 4 nitrogen and oxygen atoms in total. The highest BCUT2D eigenvalue weighted by Crippen LogP contribution is 2.03. The van der Waals surface area contributed by atoms with Crippen molar-refractivity contribution in [3.05, 3.63) is 26.4 Å². The summed E-state index contributed by atoms with van der Waals surface area (Å²) < 4.78 is 0.278. The molecule has 1 heterocycles. The second kappa shape index (κ2) is 4.72. The third kappa shape index (κ3) is 2.30. The van der Waals surface area contributed by atoms with Gasteiger partial charge in [0.1, 0.15) is 11.6 Å². The van der Waals surface area contributed by atoms with E-state index in [1.165, 1.54) is 0 Å². The molecule has 5 heteroatoms. The van der Waals surface area contributed by atoms with Crippen LogP contribution >= 0.6 is 12.2 Å². The van der Waals surface area contributed by atoms with E-state index in [0.717, 1.165) is 12.8 Å². The Kier molecular flexibility index (Phi) is 3.60. The topological polar surface area (TPSA) is 72.4 Å². The van der Waals surface area contributed by atoms with Crippen LogP contribution in [0.1, 0.15) is 31.0 Å².